The fraction of sp³-hybridized carbons (Fsp3) is 0.435. The molecule has 0 N–H and O–H groups in total. The van der Waals surface area contributed by atoms with Crippen LogP contribution in [0.4, 0.5) is 29.3 Å². The average molecular weight is 433 g/mol. The summed E-state index contributed by atoms with van der Waals surface area (Å²) in [5, 5.41) is 0. The van der Waals surface area contributed by atoms with Gasteiger partial charge in [0.2, 0.25) is 0 Å². The van der Waals surface area contributed by atoms with Crippen molar-refractivity contribution in [1.82, 2.24) is 4.90 Å². The third-order valence-corrected chi connectivity index (χ3v) is 5.76. The largest absolute Gasteiger partial charge is 0.573 e. The number of piperazine rings is 1. The van der Waals surface area contributed by atoms with Crippen LogP contribution in [0.15, 0.2) is 48.5 Å². The number of halogens is 3. The normalized spacial score (nSPS) is 16.9. The van der Waals surface area contributed by atoms with E-state index >= 15 is 0 Å². The number of benzene rings is 2. The maximum Gasteiger partial charge on any atom is 0.573 e. The van der Waals surface area contributed by atoms with E-state index in [1.165, 1.54) is 35.5 Å². The Bertz CT molecular complexity index is 905. The molecule has 0 unspecified atom stereocenters. The van der Waals surface area contributed by atoms with Crippen molar-refractivity contribution < 1.29 is 22.7 Å². The highest BCUT2D eigenvalue weighted by Gasteiger charge is 2.33. The first kappa shape index (κ1) is 21.3. The van der Waals surface area contributed by atoms with E-state index in [1.807, 2.05) is 17.0 Å². The molecular formula is C23H26F3N3O2. The van der Waals surface area contributed by atoms with E-state index in [4.69, 9.17) is 0 Å². The number of ether oxygens (including phenoxy) is 1. The van der Waals surface area contributed by atoms with E-state index in [1.54, 1.807) is 4.90 Å². The van der Waals surface area contributed by atoms with Gasteiger partial charge in [0.05, 0.1) is 0 Å². The fourth-order valence-corrected chi connectivity index (χ4v) is 3.91. The van der Waals surface area contributed by atoms with Gasteiger partial charge in [0.15, 0.2) is 0 Å². The minimum absolute atomic E-state index is 0.0965. The van der Waals surface area contributed by atoms with Crippen LogP contribution in [0.2, 0.25) is 0 Å². The van der Waals surface area contributed by atoms with Crippen LogP contribution >= 0.6 is 0 Å². The number of carbonyl (C=O) groups is 1. The summed E-state index contributed by atoms with van der Waals surface area (Å²) in [6.07, 6.45) is -2.60. The second-order valence-electron chi connectivity index (χ2n) is 8.14. The molecule has 2 aromatic carbocycles. The molecule has 166 valence electrons. The molecule has 1 saturated carbocycles. The van der Waals surface area contributed by atoms with Crippen molar-refractivity contribution in [2.75, 3.05) is 42.5 Å². The lowest BCUT2D eigenvalue weighted by Gasteiger charge is -2.39. The Balaban J connectivity index is 1.43. The number of urea groups is 1. The molecule has 2 amide bonds. The summed E-state index contributed by atoms with van der Waals surface area (Å²) in [6, 6.07) is 13.7. The lowest BCUT2D eigenvalue weighted by molar-refractivity contribution is -0.274. The third kappa shape index (κ3) is 5.42. The minimum Gasteiger partial charge on any atom is -0.406 e. The fourth-order valence-electron chi connectivity index (χ4n) is 3.91. The molecule has 8 heteroatoms. The summed E-state index contributed by atoms with van der Waals surface area (Å²) < 4.78 is 41.3. The zero-order chi connectivity index (χ0) is 22.0. The summed E-state index contributed by atoms with van der Waals surface area (Å²) in [4.78, 5) is 19.1. The monoisotopic (exact) mass is 433 g/mol. The molecule has 1 aliphatic carbocycles. The maximum absolute atomic E-state index is 13.3. The van der Waals surface area contributed by atoms with Crippen LogP contribution in [0.25, 0.3) is 0 Å². The summed E-state index contributed by atoms with van der Waals surface area (Å²) in [7, 11) is 0. The number of hydrogen-bond donors (Lipinski definition) is 0. The molecule has 0 aromatic heterocycles. The van der Waals surface area contributed by atoms with Gasteiger partial charge in [-0.25, -0.2) is 4.79 Å². The molecular weight excluding hydrogens is 407 g/mol. The van der Waals surface area contributed by atoms with E-state index in [0.29, 0.717) is 31.2 Å². The molecule has 1 saturated heterocycles. The van der Waals surface area contributed by atoms with Gasteiger partial charge in [-0.2, -0.15) is 0 Å². The van der Waals surface area contributed by atoms with Crippen molar-refractivity contribution in [2.24, 2.45) is 5.92 Å². The van der Waals surface area contributed by atoms with Gasteiger partial charge in [-0.15, -0.1) is 13.2 Å². The average Bonchev–Trinajstić information content (AvgIpc) is 3.56. The number of nitrogens with zero attached hydrogens (tertiary/aromatic N) is 3. The van der Waals surface area contributed by atoms with Gasteiger partial charge < -0.3 is 14.5 Å². The first-order chi connectivity index (χ1) is 14.8. The number of anilines is 2. The van der Waals surface area contributed by atoms with Crippen molar-refractivity contribution in [1.29, 1.82) is 0 Å². The first-order valence-electron chi connectivity index (χ1n) is 10.5. The number of aryl methyl sites for hydroxylation is 1. The van der Waals surface area contributed by atoms with Crippen molar-refractivity contribution in [2.45, 2.75) is 26.1 Å². The minimum atomic E-state index is -4.73. The highest BCUT2D eigenvalue weighted by molar-refractivity contribution is 5.92. The van der Waals surface area contributed by atoms with E-state index in [2.05, 4.69) is 28.7 Å². The summed E-state index contributed by atoms with van der Waals surface area (Å²) in [6.45, 7) is 5.35. The highest BCUT2D eigenvalue weighted by Crippen LogP contribution is 2.33. The Morgan fingerprint density at radius 2 is 1.68 bits per heavy atom. The topological polar surface area (TPSA) is 36.0 Å². The Hall–Kier alpha value is -2.90. The number of amides is 2. The summed E-state index contributed by atoms with van der Waals surface area (Å²) in [5.74, 6) is 0.158. The highest BCUT2D eigenvalue weighted by atomic mass is 19.4. The predicted molar refractivity (Wildman–Crippen MR) is 114 cm³/mol. The Morgan fingerprint density at radius 3 is 2.26 bits per heavy atom. The zero-order valence-electron chi connectivity index (χ0n) is 17.4. The molecule has 4 rings (SSSR count). The van der Waals surface area contributed by atoms with Gasteiger partial charge in [-0.1, -0.05) is 18.2 Å². The zero-order valence-corrected chi connectivity index (χ0v) is 17.4. The Kier molecular flexibility index (Phi) is 5.98. The lowest BCUT2D eigenvalue weighted by atomic mass is 10.1. The molecule has 0 radical (unpaired) electrons. The summed E-state index contributed by atoms with van der Waals surface area (Å²) >= 11 is 0. The van der Waals surface area contributed by atoms with Gasteiger partial charge in [0.1, 0.15) is 5.75 Å². The second kappa shape index (κ2) is 8.69. The SMILES string of the molecule is Cc1ccccc1N1CCN(C(=O)N(CC2CC2)c2ccc(OC(F)(F)F)cc2)CC1. The lowest BCUT2D eigenvalue weighted by Crippen LogP contribution is -2.53. The van der Waals surface area contributed by atoms with Gasteiger partial charge >= 0.3 is 12.4 Å². The molecule has 0 spiro atoms. The standard InChI is InChI=1S/C23H26F3N3O2/c1-17-4-2-3-5-21(17)27-12-14-28(15-13-27)22(30)29(16-18-6-7-18)19-8-10-20(11-9-19)31-23(24,25)26/h2-5,8-11,18H,6-7,12-16H2,1H3. The molecule has 2 aliphatic rings. The van der Waals surface area contributed by atoms with Crippen LogP contribution in [0.3, 0.4) is 0 Å². The Labute approximate surface area is 180 Å². The van der Waals surface area contributed by atoms with E-state index < -0.39 is 6.36 Å². The number of rotatable bonds is 5. The van der Waals surface area contributed by atoms with E-state index in [-0.39, 0.29) is 11.8 Å². The summed E-state index contributed by atoms with van der Waals surface area (Å²) in [5.41, 5.74) is 2.98. The molecule has 2 aromatic rings. The van der Waals surface area contributed by atoms with E-state index in [9.17, 15) is 18.0 Å². The maximum atomic E-state index is 13.3. The van der Waals surface area contributed by atoms with Crippen molar-refractivity contribution in [3.05, 3.63) is 54.1 Å². The smallest absolute Gasteiger partial charge is 0.406 e. The van der Waals surface area contributed by atoms with Crippen LogP contribution in [0.5, 0.6) is 5.75 Å². The van der Waals surface area contributed by atoms with Crippen molar-refractivity contribution in [3.8, 4) is 5.75 Å². The number of carbonyl (C=O) groups excluding carboxylic acids is 1. The quantitative estimate of drug-likeness (QED) is 0.662. The van der Waals surface area contributed by atoms with Gasteiger partial charge in [-0.3, -0.25) is 4.90 Å². The second-order valence-corrected chi connectivity index (χ2v) is 8.14. The number of hydrogen-bond acceptors (Lipinski definition) is 3. The Morgan fingerprint density at radius 1 is 1.03 bits per heavy atom. The molecule has 0 atom stereocenters. The van der Waals surface area contributed by atoms with Gasteiger partial charge in [0, 0.05) is 44.1 Å². The molecule has 0 bridgehead atoms. The number of alkyl halides is 3. The van der Waals surface area contributed by atoms with Gasteiger partial charge in [-0.05, 0) is 61.6 Å². The molecule has 2 fully saturated rings. The van der Waals surface area contributed by atoms with Crippen LogP contribution < -0.4 is 14.5 Å². The van der Waals surface area contributed by atoms with Crippen molar-refractivity contribution in [3.63, 3.8) is 0 Å². The molecule has 31 heavy (non-hydrogen) atoms. The molecule has 1 aliphatic heterocycles. The van der Waals surface area contributed by atoms with Crippen molar-refractivity contribution >= 4 is 17.4 Å². The van der Waals surface area contributed by atoms with Crippen LogP contribution in [-0.2, 0) is 0 Å². The number of para-hydroxylation sites is 1. The molecule has 1 heterocycles. The van der Waals surface area contributed by atoms with Gasteiger partial charge in [0.25, 0.3) is 0 Å². The van der Waals surface area contributed by atoms with Crippen LogP contribution in [-0.4, -0.2) is 50.0 Å². The van der Waals surface area contributed by atoms with Crippen LogP contribution in [0, 0.1) is 12.8 Å². The van der Waals surface area contributed by atoms with E-state index in [0.717, 1.165) is 25.9 Å². The predicted octanol–water partition coefficient (Wildman–Crippen LogP) is 5.05. The molecule has 5 nitrogen and oxygen atoms in total. The third-order valence-electron chi connectivity index (χ3n) is 5.76. The van der Waals surface area contributed by atoms with Crippen LogP contribution in [0.1, 0.15) is 18.4 Å². The first-order valence-corrected chi connectivity index (χ1v) is 10.5.